The number of anilines is 1. The summed E-state index contributed by atoms with van der Waals surface area (Å²) < 4.78 is 49.4. The topological polar surface area (TPSA) is 94.6 Å². The molecular weight excluding hydrogens is 448 g/mol. The SMILES string of the molecule is O=C(Oc1ccc2c(c1)OCO2)c1cc(S(=O)(=O)N2CCOCC2)ccc1N1CCCCC1. The van der Waals surface area contributed by atoms with E-state index in [0.29, 0.717) is 36.1 Å². The van der Waals surface area contributed by atoms with Gasteiger partial charge < -0.3 is 23.8 Å². The van der Waals surface area contributed by atoms with Crippen LogP contribution in [0.2, 0.25) is 0 Å². The van der Waals surface area contributed by atoms with E-state index in [4.69, 9.17) is 18.9 Å². The van der Waals surface area contributed by atoms with Gasteiger partial charge >= 0.3 is 5.97 Å². The molecule has 9 nitrogen and oxygen atoms in total. The van der Waals surface area contributed by atoms with Crippen LogP contribution in [0.3, 0.4) is 0 Å². The van der Waals surface area contributed by atoms with Crippen LogP contribution in [0.15, 0.2) is 41.3 Å². The maximum absolute atomic E-state index is 13.3. The van der Waals surface area contributed by atoms with E-state index in [-0.39, 0.29) is 30.3 Å². The second-order valence-electron chi connectivity index (χ2n) is 8.15. The number of sulfonamides is 1. The zero-order valence-electron chi connectivity index (χ0n) is 18.2. The lowest BCUT2D eigenvalue weighted by molar-refractivity contribution is 0.0727. The monoisotopic (exact) mass is 474 g/mol. The molecule has 3 aliphatic heterocycles. The summed E-state index contributed by atoms with van der Waals surface area (Å²) in [5.41, 5.74) is 0.908. The normalized spacial score (nSPS) is 18.8. The molecule has 0 aliphatic carbocycles. The Morgan fingerprint density at radius 1 is 0.879 bits per heavy atom. The molecule has 0 bridgehead atoms. The molecule has 0 saturated carbocycles. The van der Waals surface area contributed by atoms with Crippen LogP contribution in [0.1, 0.15) is 29.6 Å². The van der Waals surface area contributed by atoms with Gasteiger partial charge in [0.2, 0.25) is 16.8 Å². The minimum Gasteiger partial charge on any atom is -0.454 e. The van der Waals surface area contributed by atoms with Crippen molar-refractivity contribution in [3.05, 3.63) is 42.0 Å². The zero-order chi connectivity index (χ0) is 22.8. The number of nitrogens with zero attached hydrogens (tertiary/aromatic N) is 2. The molecule has 10 heteroatoms. The molecule has 0 aromatic heterocycles. The number of hydrogen-bond acceptors (Lipinski definition) is 8. The summed E-state index contributed by atoms with van der Waals surface area (Å²) in [7, 11) is -3.76. The van der Waals surface area contributed by atoms with E-state index < -0.39 is 16.0 Å². The standard InChI is InChI=1S/C23H26N2O7S/c26-23(32-17-4-7-21-22(14-17)31-16-30-21)19-15-18(33(27,28)25-10-12-29-13-11-25)5-6-20(19)24-8-2-1-3-9-24/h4-7,14-15H,1-3,8-13,16H2. The molecule has 176 valence electrons. The molecule has 3 heterocycles. The summed E-state index contributed by atoms with van der Waals surface area (Å²) in [6.07, 6.45) is 3.17. The van der Waals surface area contributed by atoms with Crippen molar-refractivity contribution >= 4 is 21.7 Å². The van der Waals surface area contributed by atoms with E-state index in [1.54, 1.807) is 30.3 Å². The number of benzene rings is 2. The van der Waals surface area contributed by atoms with Gasteiger partial charge in [-0.3, -0.25) is 0 Å². The molecule has 0 amide bonds. The molecule has 5 rings (SSSR count). The van der Waals surface area contributed by atoms with E-state index in [9.17, 15) is 13.2 Å². The third-order valence-corrected chi connectivity index (χ3v) is 7.94. The van der Waals surface area contributed by atoms with Crippen LogP contribution in [0.5, 0.6) is 17.2 Å². The summed E-state index contributed by atoms with van der Waals surface area (Å²) in [5, 5.41) is 0. The summed E-state index contributed by atoms with van der Waals surface area (Å²) >= 11 is 0. The van der Waals surface area contributed by atoms with Crippen molar-refractivity contribution in [1.29, 1.82) is 0 Å². The van der Waals surface area contributed by atoms with Crippen molar-refractivity contribution in [3.63, 3.8) is 0 Å². The first-order valence-corrected chi connectivity index (χ1v) is 12.6. The van der Waals surface area contributed by atoms with Gasteiger partial charge in [0.25, 0.3) is 0 Å². The molecule has 2 aromatic rings. The van der Waals surface area contributed by atoms with Crippen molar-refractivity contribution in [3.8, 4) is 17.2 Å². The van der Waals surface area contributed by atoms with Crippen molar-refractivity contribution in [2.75, 3.05) is 51.1 Å². The summed E-state index contributed by atoms with van der Waals surface area (Å²) in [5.74, 6) is 0.770. The lowest BCUT2D eigenvalue weighted by Gasteiger charge is -2.31. The molecule has 3 aliphatic rings. The van der Waals surface area contributed by atoms with E-state index >= 15 is 0 Å². The van der Waals surface area contributed by atoms with Gasteiger partial charge in [0.1, 0.15) is 5.75 Å². The third kappa shape index (κ3) is 4.50. The van der Waals surface area contributed by atoms with Gasteiger partial charge in [-0.25, -0.2) is 13.2 Å². The highest BCUT2D eigenvalue weighted by molar-refractivity contribution is 7.89. The quantitative estimate of drug-likeness (QED) is 0.482. The second kappa shape index (κ2) is 9.20. The number of esters is 1. The summed E-state index contributed by atoms with van der Waals surface area (Å²) in [4.78, 5) is 15.5. The smallest absolute Gasteiger partial charge is 0.345 e. The highest BCUT2D eigenvalue weighted by atomic mass is 32.2. The largest absolute Gasteiger partial charge is 0.454 e. The van der Waals surface area contributed by atoms with Gasteiger partial charge in [0.05, 0.1) is 29.4 Å². The number of piperidine rings is 1. The van der Waals surface area contributed by atoms with Gasteiger partial charge in [0.15, 0.2) is 11.5 Å². The first-order valence-electron chi connectivity index (χ1n) is 11.1. The van der Waals surface area contributed by atoms with Crippen molar-refractivity contribution < 1.29 is 32.2 Å². The first kappa shape index (κ1) is 22.0. The van der Waals surface area contributed by atoms with Gasteiger partial charge in [-0.15, -0.1) is 0 Å². The summed E-state index contributed by atoms with van der Waals surface area (Å²) in [6, 6.07) is 9.62. The molecule has 2 saturated heterocycles. The fourth-order valence-electron chi connectivity index (χ4n) is 4.29. The average Bonchev–Trinajstić information content (AvgIpc) is 3.33. The van der Waals surface area contributed by atoms with E-state index in [0.717, 1.165) is 32.4 Å². The third-order valence-electron chi connectivity index (χ3n) is 6.05. The van der Waals surface area contributed by atoms with Crippen molar-refractivity contribution in [1.82, 2.24) is 4.31 Å². The molecule has 0 atom stereocenters. The Balaban J connectivity index is 1.48. The minimum atomic E-state index is -3.76. The average molecular weight is 475 g/mol. The van der Waals surface area contributed by atoms with Gasteiger partial charge in [-0.1, -0.05) is 0 Å². The van der Waals surface area contributed by atoms with E-state index in [1.165, 1.54) is 10.4 Å². The molecule has 0 radical (unpaired) electrons. The Hall–Kier alpha value is -2.82. The van der Waals surface area contributed by atoms with Crippen LogP contribution in [0, 0.1) is 0 Å². The van der Waals surface area contributed by atoms with Crippen LogP contribution in [-0.4, -0.2) is 64.9 Å². The fraction of sp³-hybridized carbons (Fsp3) is 0.435. The Kier molecular flexibility index (Phi) is 6.13. The predicted octanol–water partition coefficient (Wildman–Crippen LogP) is 2.65. The van der Waals surface area contributed by atoms with Gasteiger partial charge in [0, 0.05) is 32.2 Å². The lowest BCUT2D eigenvalue weighted by atomic mass is 10.1. The van der Waals surface area contributed by atoms with Crippen LogP contribution < -0.4 is 19.1 Å². The second-order valence-corrected chi connectivity index (χ2v) is 10.1. The van der Waals surface area contributed by atoms with Crippen LogP contribution in [-0.2, 0) is 14.8 Å². The minimum absolute atomic E-state index is 0.0720. The Morgan fingerprint density at radius 3 is 2.42 bits per heavy atom. The Labute approximate surface area is 192 Å². The summed E-state index contributed by atoms with van der Waals surface area (Å²) in [6.45, 7) is 3.00. The zero-order valence-corrected chi connectivity index (χ0v) is 19.0. The molecule has 0 N–H and O–H groups in total. The van der Waals surface area contributed by atoms with Gasteiger partial charge in [-0.05, 0) is 49.6 Å². The van der Waals surface area contributed by atoms with Crippen LogP contribution in [0.4, 0.5) is 5.69 Å². The van der Waals surface area contributed by atoms with Crippen LogP contribution >= 0.6 is 0 Å². The molecular formula is C23H26N2O7S. The number of carbonyl (C=O) groups is 1. The van der Waals surface area contributed by atoms with E-state index in [2.05, 4.69) is 4.90 Å². The van der Waals surface area contributed by atoms with Crippen molar-refractivity contribution in [2.45, 2.75) is 24.2 Å². The lowest BCUT2D eigenvalue weighted by Crippen LogP contribution is -2.40. The molecule has 0 spiro atoms. The molecule has 2 aromatic carbocycles. The fourth-order valence-corrected chi connectivity index (χ4v) is 5.72. The molecule has 33 heavy (non-hydrogen) atoms. The maximum atomic E-state index is 13.3. The number of morpholine rings is 1. The number of fused-ring (bicyclic) bond motifs is 1. The number of carbonyl (C=O) groups excluding carboxylic acids is 1. The molecule has 0 unspecified atom stereocenters. The number of ether oxygens (including phenoxy) is 4. The van der Waals surface area contributed by atoms with Crippen molar-refractivity contribution in [2.24, 2.45) is 0 Å². The molecule has 2 fully saturated rings. The predicted molar refractivity (Wildman–Crippen MR) is 120 cm³/mol. The highest BCUT2D eigenvalue weighted by Crippen LogP contribution is 2.36. The Bertz CT molecular complexity index is 1140. The maximum Gasteiger partial charge on any atom is 0.345 e. The Morgan fingerprint density at radius 2 is 1.64 bits per heavy atom. The first-order chi connectivity index (χ1) is 16.0. The van der Waals surface area contributed by atoms with Crippen LogP contribution in [0.25, 0.3) is 0 Å². The number of rotatable bonds is 5. The van der Waals surface area contributed by atoms with E-state index in [1.807, 2.05) is 0 Å². The van der Waals surface area contributed by atoms with Gasteiger partial charge in [-0.2, -0.15) is 4.31 Å². The highest BCUT2D eigenvalue weighted by Gasteiger charge is 2.29. The number of hydrogen-bond donors (Lipinski definition) is 0.